The first-order chi connectivity index (χ1) is 7.27. The quantitative estimate of drug-likeness (QED) is 0.752. The van der Waals surface area contributed by atoms with E-state index >= 15 is 0 Å². The number of aliphatic hydroxyl groups excluding tert-OH is 1. The van der Waals surface area contributed by atoms with Gasteiger partial charge in [-0.1, -0.05) is 37.6 Å². The fourth-order valence-corrected chi connectivity index (χ4v) is 1.66. The first kappa shape index (κ1) is 12.2. The molecule has 0 aliphatic rings. The van der Waals surface area contributed by atoms with Crippen LogP contribution in [0.15, 0.2) is 24.3 Å². The lowest BCUT2D eigenvalue weighted by atomic mass is 10.0. The van der Waals surface area contributed by atoms with Gasteiger partial charge in [-0.25, -0.2) is 0 Å². The first-order valence-electron chi connectivity index (χ1n) is 5.75. The number of benzene rings is 1. The molecule has 1 aromatic rings. The van der Waals surface area contributed by atoms with Crippen LogP contribution in [0, 0.1) is 0 Å². The Morgan fingerprint density at radius 2 is 2.20 bits per heavy atom. The van der Waals surface area contributed by atoms with Gasteiger partial charge in [0.05, 0.1) is 6.10 Å². The Morgan fingerprint density at radius 1 is 1.40 bits per heavy atom. The van der Waals surface area contributed by atoms with Crippen LogP contribution >= 0.6 is 0 Å². The predicted octanol–water partition coefficient (Wildman–Crippen LogP) is 2.41. The van der Waals surface area contributed by atoms with Crippen LogP contribution in [0.25, 0.3) is 0 Å². The molecule has 1 aromatic carbocycles. The van der Waals surface area contributed by atoms with Crippen molar-refractivity contribution in [2.45, 2.75) is 38.7 Å². The molecule has 0 bridgehead atoms. The summed E-state index contributed by atoms with van der Waals surface area (Å²) in [7, 11) is 0. The maximum Gasteiger partial charge on any atom is 0.0802 e. The summed E-state index contributed by atoms with van der Waals surface area (Å²) in [4.78, 5) is 0. The van der Waals surface area contributed by atoms with E-state index in [4.69, 9.17) is 5.73 Å². The van der Waals surface area contributed by atoms with Crippen molar-refractivity contribution >= 4 is 0 Å². The van der Waals surface area contributed by atoms with Gasteiger partial charge in [0.25, 0.3) is 0 Å². The van der Waals surface area contributed by atoms with Crippen LogP contribution in [-0.4, -0.2) is 11.7 Å². The number of hydrogen-bond acceptors (Lipinski definition) is 2. The molecular formula is C13H21NO. The smallest absolute Gasteiger partial charge is 0.0802 e. The van der Waals surface area contributed by atoms with Gasteiger partial charge in [0.1, 0.15) is 0 Å². The van der Waals surface area contributed by atoms with Crippen LogP contribution in [0.4, 0.5) is 0 Å². The van der Waals surface area contributed by atoms with Gasteiger partial charge in [0.2, 0.25) is 0 Å². The largest absolute Gasteiger partial charge is 0.388 e. The molecule has 3 N–H and O–H groups in total. The Balaban J connectivity index is 2.64. The Labute approximate surface area is 92.1 Å². The molecule has 0 aliphatic heterocycles. The number of rotatable bonds is 6. The number of nitrogens with two attached hydrogens (primary N) is 1. The summed E-state index contributed by atoms with van der Waals surface area (Å²) in [6.07, 6.45) is 3.74. The molecule has 1 atom stereocenters. The highest BCUT2D eigenvalue weighted by Crippen LogP contribution is 2.18. The fourth-order valence-electron chi connectivity index (χ4n) is 1.66. The molecule has 0 fully saturated rings. The molecule has 84 valence electrons. The lowest BCUT2D eigenvalue weighted by molar-refractivity contribution is 0.170. The van der Waals surface area contributed by atoms with Crippen molar-refractivity contribution in [2.24, 2.45) is 5.73 Å². The minimum Gasteiger partial charge on any atom is -0.388 e. The van der Waals surface area contributed by atoms with Crippen molar-refractivity contribution in [3.05, 3.63) is 35.4 Å². The number of unbranched alkanes of at least 4 members (excludes halogenated alkanes) is 1. The van der Waals surface area contributed by atoms with Crippen molar-refractivity contribution in [3.63, 3.8) is 0 Å². The second kappa shape index (κ2) is 6.59. The average molecular weight is 207 g/mol. The predicted molar refractivity (Wildman–Crippen MR) is 63.7 cm³/mol. The molecule has 0 spiro atoms. The van der Waals surface area contributed by atoms with Crippen LogP contribution < -0.4 is 5.73 Å². The summed E-state index contributed by atoms with van der Waals surface area (Å²) in [6.45, 7) is 2.72. The van der Waals surface area contributed by atoms with E-state index in [0.29, 0.717) is 13.0 Å². The molecule has 0 radical (unpaired) electrons. The van der Waals surface area contributed by atoms with Gasteiger partial charge in [-0.15, -0.1) is 0 Å². The highest BCUT2D eigenvalue weighted by atomic mass is 16.3. The molecule has 2 heteroatoms. The Morgan fingerprint density at radius 3 is 2.87 bits per heavy atom. The van der Waals surface area contributed by atoms with E-state index < -0.39 is 6.10 Å². The Kier molecular flexibility index (Phi) is 5.37. The van der Waals surface area contributed by atoms with E-state index in [1.807, 2.05) is 12.1 Å². The summed E-state index contributed by atoms with van der Waals surface area (Å²) in [5.41, 5.74) is 7.73. The molecule has 0 amide bonds. The van der Waals surface area contributed by atoms with Gasteiger partial charge in [-0.3, -0.25) is 0 Å². The molecule has 0 aromatic heterocycles. The Hall–Kier alpha value is -0.860. The van der Waals surface area contributed by atoms with Crippen molar-refractivity contribution in [2.75, 3.05) is 6.54 Å². The summed E-state index contributed by atoms with van der Waals surface area (Å²) < 4.78 is 0. The van der Waals surface area contributed by atoms with Gasteiger partial charge >= 0.3 is 0 Å². The van der Waals surface area contributed by atoms with Crippen LogP contribution in [0.1, 0.15) is 43.4 Å². The number of aliphatic hydroxyl groups is 1. The molecule has 0 aliphatic carbocycles. The van der Waals surface area contributed by atoms with E-state index in [2.05, 4.69) is 19.1 Å². The summed E-state index contributed by atoms with van der Waals surface area (Å²) in [5.74, 6) is 0. The summed E-state index contributed by atoms with van der Waals surface area (Å²) in [6, 6.07) is 8.19. The number of hydrogen-bond donors (Lipinski definition) is 2. The first-order valence-corrected chi connectivity index (χ1v) is 5.75. The van der Waals surface area contributed by atoms with E-state index in [-0.39, 0.29) is 0 Å². The minimum atomic E-state index is -0.406. The van der Waals surface area contributed by atoms with Crippen molar-refractivity contribution in [3.8, 4) is 0 Å². The van der Waals surface area contributed by atoms with E-state index in [1.165, 1.54) is 18.4 Å². The van der Waals surface area contributed by atoms with Crippen molar-refractivity contribution in [1.82, 2.24) is 0 Å². The van der Waals surface area contributed by atoms with Crippen LogP contribution in [-0.2, 0) is 6.42 Å². The van der Waals surface area contributed by atoms with Gasteiger partial charge in [-0.2, -0.15) is 0 Å². The zero-order chi connectivity index (χ0) is 11.1. The molecule has 0 saturated heterocycles. The van der Waals surface area contributed by atoms with E-state index in [1.54, 1.807) is 0 Å². The second-order valence-electron chi connectivity index (χ2n) is 3.94. The molecule has 1 unspecified atom stereocenters. The van der Waals surface area contributed by atoms with Crippen LogP contribution in [0.5, 0.6) is 0 Å². The highest BCUT2D eigenvalue weighted by Gasteiger charge is 2.06. The molecule has 0 saturated carbocycles. The van der Waals surface area contributed by atoms with Gasteiger partial charge in [0.15, 0.2) is 0 Å². The third-order valence-electron chi connectivity index (χ3n) is 2.59. The third kappa shape index (κ3) is 4.02. The molecule has 0 heterocycles. The third-order valence-corrected chi connectivity index (χ3v) is 2.59. The normalized spacial score (nSPS) is 12.7. The summed E-state index contributed by atoms with van der Waals surface area (Å²) >= 11 is 0. The monoisotopic (exact) mass is 207 g/mol. The van der Waals surface area contributed by atoms with Gasteiger partial charge < -0.3 is 10.8 Å². The topological polar surface area (TPSA) is 46.2 Å². The second-order valence-corrected chi connectivity index (χ2v) is 3.94. The fraction of sp³-hybridized carbons (Fsp3) is 0.538. The number of aryl methyl sites for hydroxylation is 1. The average Bonchev–Trinajstić information content (AvgIpc) is 2.27. The van der Waals surface area contributed by atoms with E-state index in [0.717, 1.165) is 12.0 Å². The van der Waals surface area contributed by atoms with Crippen LogP contribution in [0.2, 0.25) is 0 Å². The molecule has 2 nitrogen and oxygen atoms in total. The Bertz CT molecular complexity index is 286. The van der Waals surface area contributed by atoms with Crippen LogP contribution in [0.3, 0.4) is 0 Å². The maximum atomic E-state index is 9.79. The van der Waals surface area contributed by atoms with Gasteiger partial charge in [-0.05, 0) is 36.9 Å². The van der Waals surface area contributed by atoms with Crippen molar-refractivity contribution < 1.29 is 5.11 Å². The van der Waals surface area contributed by atoms with Gasteiger partial charge in [0, 0.05) is 0 Å². The minimum absolute atomic E-state index is 0.406. The zero-order valence-electron chi connectivity index (χ0n) is 9.45. The van der Waals surface area contributed by atoms with Crippen molar-refractivity contribution in [1.29, 1.82) is 0 Å². The highest BCUT2D eigenvalue weighted by molar-refractivity contribution is 5.25. The SMILES string of the molecule is CCCCc1cccc(C(O)CCN)c1. The standard InChI is InChI=1S/C13H21NO/c1-2-3-5-11-6-4-7-12(10-11)13(15)8-9-14/h4,6-7,10,13,15H,2-3,5,8-9,14H2,1H3. The molecular weight excluding hydrogens is 186 g/mol. The molecule has 15 heavy (non-hydrogen) atoms. The molecule has 1 rings (SSSR count). The van der Waals surface area contributed by atoms with E-state index in [9.17, 15) is 5.11 Å². The lowest BCUT2D eigenvalue weighted by Crippen LogP contribution is -2.06. The summed E-state index contributed by atoms with van der Waals surface area (Å²) in [5, 5.41) is 9.79. The lowest BCUT2D eigenvalue weighted by Gasteiger charge is -2.11. The zero-order valence-corrected chi connectivity index (χ0v) is 9.45. The maximum absolute atomic E-state index is 9.79.